The number of benzene rings is 1. The zero-order valence-electron chi connectivity index (χ0n) is 22.7. The summed E-state index contributed by atoms with van der Waals surface area (Å²) in [4.78, 5) is 53.4. The molecule has 0 aliphatic carbocycles. The lowest BCUT2D eigenvalue weighted by atomic mass is 9.91. The Morgan fingerprint density at radius 2 is 1.35 bits per heavy atom. The summed E-state index contributed by atoms with van der Waals surface area (Å²) in [5, 5.41) is 0. The highest BCUT2D eigenvalue weighted by Gasteiger charge is 2.40. The van der Waals surface area contributed by atoms with E-state index >= 15 is 0 Å². The van der Waals surface area contributed by atoms with Gasteiger partial charge in [0.05, 0.1) is 27.3 Å². The van der Waals surface area contributed by atoms with E-state index in [2.05, 4.69) is 0 Å². The van der Waals surface area contributed by atoms with Gasteiger partial charge in [0.1, 0.15) is 17.2 Å². The van der Waals surface area contributed by atoms with Gasteiger partial charge < -0.3 is 18.9 Å². The highest BCUT2D eigenvalue weighted by molar-refractivity contribution is 5.90. The van der Waals surface area contributed by atoms with E-state index in [0.29, 0.717) is 0 Å². The van der Waals surface area contributed by atoms with Crippen LogP contribution in [-0.4, -0.2) is 78.0 Å². The first-order chi connectivity index (χ1) is 17.1. The van der Waals surface area contributed by atoms with Gasteiger partial charge in [0.2, 0.25) is 0 Å². The Labute approximate surface area is 217 Å². The third-order valence-corrected chi connectivity index (χ3v) is 5.91. The highest BCUT2D eigenvalue weighted by Crippen LogP contribution is 2.32. The molecular formula is C27H36N2O8. The summed E-state index contributed by atoms with van der Waals surface area (Å²) >= 11 is 0. The van der Waals surface area contributed by atoms with Crippen molar-refractivity contribution in [3.8, 4) is 0 Å². The molecule has 0 saturated heterocycles. The van der Waals surface area contributed by atoms with Crippen molar-refractivity contribution in [1.29, 1.82) is 0 Å². The maximum Gasteiger partial charge on any atom is 0.411 e. The number of methoxy groups -OCH3 is 2. The second-order valence-corrected chi connectivity index (χ2v) is 11.1. The highest BCUT2D eigenvalue weighted by atomic mass is 16.6. The van der Waals surface area contributed by atoms with E-state index in [4.69, 9.17) is 18.9 Å². The van der Waals surface area contributed by atoms with E-state index < -0.39 is 47.4 Å². The van der Waals surface area contributed by atoms with Gasteiger partial charge in [-0.2, -0.15) is 0 Å². The van der Waals surface area contributed by atoms with E-state index in [9.17, 15) is 19.2 Å². The van der Waals surface area contributed by atoms with Crippen LogP contribution in [0.15, 0.2) is 24.3 Å². The number of hydrogen-bond donors (Lipinski definition) is 0. The molecule has 0 saturated carbocycles. The summed E-state index contributed by atoms with van der Waals surface area (Å²) in [5.74, 6) is -1.09. The van der Waals surface area contributed by atoms with Crippen molar-refractivity contribution in [2.45, 2.75) is 77.8 Å². The minimum atomic E-state index is -0.923. The predicted octanol–water partition coefficient (Wildman–Crippen LogP) is 3.70. The fourth-order valence-corrected chi connectivity index (χ4v) is 4.26. The molecule has 3 rings (SSSR count). The zero-order chi connectivity index (χ0) is 27.7. The average Bonchev–Trinajstić information content (AvgIpc) is 3.25. The van der Waals surface area contributed by atoms with E-state index in [1.807, 2.05) is 18.2 Å². The molecular weight excluding hydrogens is 480 g/mol. The molecule has 0 N–H and O–H groups in total. The molecule has 37 heavy (non-hydrogen) atoms. The van der Waals surface area contributed by atoms with Crippen LogP contribution in [0.25, 0.3) is 5.57 Å². The van der Waals surface area contributed by atoms with Crippen molar-refractivity contribution in [3.63, 3.8) is 0 Å². The Balaban J connectivity index is 1.92. The molecule has 10 heteroatoms. The molecule has 0 bridgehead atoms. The van der Waals surface area contributed by atoms with Crippen molar-refractivity contribution in [2.24, 2.45) is 0 Å². The van der Waals surface area contributed by atoms with Crippen molar-refractivity contribution in [1.82, 2.24) is 9.80 Å². The first-order valence-corrected chi connectivity index (χ1v) is 12.1. The number of hydrogen-bond acceptors (Lipinski definition) is 8. The van der Waals surface area contributed by atoms with E-state index in [-0.39, 0.29) is 19.5 Å². The number of amides is 2. The SMILES string of the molecule is COC(=O)[C@@H]1C=C(c2ccc3c(c2)CN(C(=O)OC(C)(C)C)[C@H](C(=O)OC)C3)CN1C(=O)OC(C)(C)C. The van der Waals surface area contributed by atoms with Gasteiger partial charge in [-0.05, 0) is 75.9 Å². The molecule has 10 nitrogen and oxygen atoms in total. The van der Waals surface area contributed by atoms with Crippen LogP contribution >= 0.6 is 0 Å². The number of nitrogens with zero attached hydrogens (tertiary/aromatic N) is 2. The lowest BCUT2D eigenvalue weighted by molar-refractivity contribution is -0.147. The predicted molar refractivity (Wildman–Crippen MR) is 134 cm³/mol. The molecule has 0 unspecified atom stereocenters. The summed E-state index contributed by atoms with van der Waals surface area (Å²) in [6.45, 7) is 10.8. The second kappa shape index (κ2) is 10.4. The second-order valence-electron chi connectivity index (χ2n) is 11.1. The Morgan fingerprint density at radius 1 is 0.784 bits per heavy atom. The summed E-state index contributed by atoms with van der Waals surface area (Å²) in [6.07, 6.45) is 0.725. The van der Waals surface area contributed by atoms with Crippen molar-refractivity contribution in [3.05, 3.63) is 41.0 Å². The standard InChI is InChI=1S/C27H36N2O8/c1-26(2,3)36-24(32)28-14-18-11-16(9-10-17(18)12-20(28)22(30)34-7)19-13-21(23(31)35-8)29(15-19)25(33)37-27(4,5)6/h9-11,13,20-21H,12,14-15H2,1-8H3/t20-,21-/m0/s1. The van der Waals surface area contributed by atoms with Crippen LogP contribution < -0.4 is 0 Å². The lowest BCUT2D eigenvalue weighted by Gasteiger charge is -2.36. The Hall–Kier alpha value is -3.56. The van der Waals surface area contributed by atoms with Crippen molar-refractivity contribution < 1.29 is 38.1 Å². The fourth-order valence-electron chi connectivity index (χ4n) is 4.26. The Morgan fingerprint density at radius 3 is 1.89 bits per heavy atom. The third-order valence-electron chi connectivity index (χ3n) is 5.91. The number of ether oxygens (including phenoxy) is 4. The number of carbonyl (C=O) groups is 4. The quantitative estimate of drug-likeness (QED) is 0.442. The first-order valence-electron chi connectivity index (χ1n) is 12.1. The van der Waals surface area contributed by atoms with Crippen molar-refractivity contribution >= 4 is 29.7 Å². The van der Waals surface area contributed by atoms with Gasteiger partial charge in [-0.15, -0.1) is 0 Å². The summed E-state index contributed by atoms with van der Waals surface area (Å²) in [6, 6.07) is 3.92. The van der Waals surface area contributed by atoms with Gasteiger partial charge in [-0.3, -0.25) is 9.80 Å². The Kier molecular flexibility index (Phi) is 7.90. The van der Waals surface area contributed by atoms with E-state index in [0.717, 1.165) is 22.3 Å². The molecule has 0 aromatic heterocycles. The van der Waals surface area contributed by atoms with Crippen LogP contribution in [0.2, 0.25) is 0 Å². The van der Waals surface area contributed by atoms with Crippen LogP contribution in [-0.2, 0) is 41.5 Å². The largest absolute Gasteiger partial charge is 0.467 e. The summed E-state index contributed by atoms with van der Waals surface area (Å²) < 4.78 is 20.9. The van der Waals surface area contributed by atoms with Crippen LogP contribution in [0.4, 0.5) is 9.59 Å². The lowest BCUT2D eigenvalue weighted by Crippen LogP contribution is -2.50. The fraction of sp³-hybridized carbons (Fsp3) is 0.556. The molecule has 2 amide bonds. The minimum Gasteiger partial charge on any atom is -0.467 e. The summed E-state index contributed by atoms with van der Waals surface area (Å²) in [5.41, 5.74) is 1.78. The number of carbonyl (C=O) groups excluding carboxylic acids is 4. The normalized spacial score (nSPS) is 19.5. The molecule has 1 aromatic rings. The van der Waals surface area contributed by atoms with E-state index in [1.54, 1.807) is 47.6 Å². The first kappa shape index (κ1) is 28.0. The topological polar surface area (TPSA) is 112 Å². The Bertz CT molecular complexity index is 1110. The number of fused-ring (bicyclic) bond motifs is 1. The molecule has 0 radical (unpaired) electrons. The zero-order valence-corrected chi connectivity index (χ0v) is 22.7. The van der Waals surface area contributed by atoms with Gasteiger partial charge in [0.25, 0.3) is 0 Å². The van der Waals surface area contributed by atoms with Crippen LogP contribution in [0, 0.1) is 0 Å². The van der Waals surface area contributed by atoms with Crippen LogP contribution in [0.5, 0.6) is 0 Å². The van der Waals surface area contributed by atoms with Gasteiger partial charge in [0, 0.05) is 6.42 Å². The minimum absolute atomic E-state index is 0.140. The molecule has 2 aliphatic heterocycles. The van der Waals surface area contributed by atoms with Gasteiger partial charge in [-0.1, -0.05) is 12.1 Å². The molecule has 2 heterocycles. The van der Waals surface area contributed by atoms with E-state index in [1.165, 1.54) is 24.0 Å². The van der Waals surface area contributed by atoms with Gasteiger partial charge >= 0.3 is 24.1 Å². The van der Waals surface area contributed by atoms with Gasteiger partial charge in [0.15, 0.2) is 6.04 Å². The van der Waals surface area contributed by atoms with Crippen LogP contribution in [0.3, 0.4) is 0 Å². The van der Waals surface area contributed by atoms with Crippen molar-refractivity contribution in [2.75, 3.05) is 20.8 Å². The maximum absolute atomic E-state index is 13.0. The third kappa shape index (κ3) is 6.61. The molecule has 2 atom stereocenters. The molecule has 202 valence electrons. The molecule has 1 aromatic carbocycles. The van der Waals surface area contributed by atoms with Gasteiger partial charge in [-0.25, -0.2) is 19.2 Å². The number of esters is 2. The van der Waals surface area contributed by atoms with Crippen LogP contribution in [0.1, 0.15) is 58.2 Å². The smallest absolute Gasteiger partial charge is 0.411 e. The maximum atomic E-state index is 13.0. The molecule has 0 fully saturated rings. The molecule has 2 aliphatic rings. The summed E-state index contributed by atoms with van der Waals surface area (Å²) in [7, 11) is 2.55. The molecule has 0 spiro atoms. The average molecular weight is 517 g/mol. The monoisotopic (exact) mass is 516 g/mol. The number of rotatable bonds is 3.